The molecule has 0 unspecified atom stereocenters. The van der Waals surface area contributed by atoms with Gasteiger partial charge in [0.2, 0.25) is 20.0 Å². The number of hydrogen-bond donors (Lipinski definition) is 1. The molecule has 176 valence electrons. The van der Waals surface area contributed by atoms with Gasteiger partial charge in [0.1, 0.15) is 12.4 Å². The number of hydrogen-bond acceptors (Lipinski definition) is 7. The Bertz CT molecular complexity index is 1230. The number of rotatable bonds is 9. The van der Waals surface area contributed by atoms with E-state index >= 15 is 0 Å². The predicted octanol–water partition coefficient (Wildman–Crippen LogP) is 1.62. The number of benzene rings is 2. The Morgan fingerprint density at radius 1 is 0.781 bits per heavy atom. The van der Waals surface area contributed by atoms with Crippen LogP contribution in [-0.2, 0) is 29.9 Å². The Balaban J connectivity index is 1.53. The van der Waals surface area contributed by atoms with Crippen LogP contribution in [0.5, 0.6) is 5.75 Å². The van der Waals surface area contributed by atoms with Crippen LogP contribution in [-0.4, -0.2) is 62.1 Å². The van der Waals surface area contributed by atoms with E-state index in [4.69, 9.17) is 4.74 Å². The van der Waals surface area contributed by atoms with Crippen LogP contribution in [0, 0.1) is 0 Å². The number of sulfone groups is 1. The van der Waals surface area contributed by atoms with Crippen molar-refractivity contribution >= 4 is 29.9 Å². The number of sulfonamides is 2. The van der Waals surface area contributed by atoms with E-state index in [0.717, 1.165) is 25.5 Å². The Kier molecular flexibility index (Phi) is 7.61. The third-order valence-electron chi connectivity index (χ3n) is 5.00. The molecule has 1 N–H and O–H groups in total. The highest BCUT2D eigenvalue weighted by Gasteiger charge is 2.25. The van der Waals surface area contributed by atoms with Crippen LogP contribution in [0.2, 0.25) is 0 Å². The van der Waals surface area contributed by atoms with Crippen LogP contribution in [0.25, 0.3) is 0 Å². The van der Waals surface area contributed by atoms with E-state index in [2.05, 4.69) is 4.72 Å². The average molecular weight is 503 g/mol. The van der Waals surface area contributed by atoms with Crippen LogP contribution >= 0.6 is 0 Å². The molecule has 0 bridgehead atoms. The number of nitrogens with one attached hydrogen (secondary N) is 1. The van der Waals surface area contributed by atoms with Crippen molar-refractivity contribution in [2.75, 3.05) is 32.5 Å². The molecule has 2 aromatic carbocycles. The Labute approximate surface area is 189 Å². The molecule has 1 aliphatic heterocycles. The standard InChI is InChI=1S/C20H26N2O7S3/c1-30(23,24)18-9-11-19(12-10-18)31(25,26)21-13-16-29-17-5-7-20(8-6-17)32(27,28)22-14-3-2-4-15-22/h5-12,21H,2-4,13-16H2,1H3. The van der Waals surface area contributed by atoms with Gasteiger partial charge in [-0.1, -0.05) is 6.42 Å². The third-order valence-corrected chi connectivity index (χ3v) is 9.52. The van der Waals surface area contributed by atoms with Gasteiger partial charge in [0.15, 0.2) is 9.84 Å². The van der Waals surface area contributed by atoms with Crippen LogP contribution in [0.4, 0.5) is 0 Å². The van der Waals surface area contributed by atoms with Crippen LogP contribution < -0.4 is 9.46 Å². The van der Waals surface area contributed by atoms with Gasteiger partial charge < -0.3 is 4.74 Å². The normalized spacial score (nSPS) is 16.0. The molecule has 0 saturated carbocycles. The summed E-state index contributed by atoms with van der Waals surface area (Å²) in [5.74, 6) is 0.416. The highest BCUT2D eigenvalue weighted by atomic mass is 32.2. The second-order valence-corrected chi connectivity index (χ2v) is 13.1. The van der Waals surface area contributed by atoms with E-state index in [1.165, 1.54) is 52.8 Å². The number of piperidine rings is 1. The maximum absolute atomic E-state index is 12.7. The Morgan fingerprint density at radius 2 is 1.31 bits per heavy atom. The summed E-state index contributed by atoms with van der Waals surface area (Å²) in [5.41, 5.74) is 0. The molecule has 3 rings (SSSR count). The summed E-state index contributed by atoms with van der Waals surface area (Å²) >= 11 is 0. The topological polar surface area (TPSA) is 127 Å². The second-order valence-electron chi connectivity index (χ2n) is 7.43. The molecule has 1 saturated heterocycles. The first-order valence-electron chi connectivity index (χ1n) is 10.0. The molecule has 2 aromatic rings. The molecule has 1 heterocycles. The highest BCUT2D eigenvalue weighted by molar-refractivity contribution is 7.91. The van der Waals surface area contributed by atoms with Gasteiger partial charge in [-0.15, -0.1) is 0 Å². The lowest BCUT2D eigenvalue weighted by Gasteiger charge is -2.25. The molecule has 32 heavy (non-hydrogen) atoms. The van der Waals surface area contributed by atoms with Gasteiger partial charge in [0.05, 0.1) is 14.7 Å². The Hall–Kier alpha value is -1.99. The predicted molar refractivity (Wildman–Crippen MR) is 119 cm³/mol. The minimum Gasteiger partial charge on any atom is -0.492 e. The molecular formula is C20H26N2O7S3. The van der Waals surface area contributed by atoms with Gasteiger partial charge >= 0.3 is 0 Å². The van der Waals surface area contributed by atoms with E-state index in [1.54, 1.807) is 0 Å². The van der Waals surface area contributed by atoms with Gasteiger partial charge in [0, 0.05) is 25.9 Å². The van der Waals surface area contributed by atoms with Crippen LogP contribution in [0.1, 0.15) is 19.3 Å². The molecule has 12 heteroatoms. The first kappa shape index (κ1) is 24.6. The van der Waals surface area contributed by atoms with Gasteiger partial charge in [-0.2, -0.15) is 4.31 Å². The zero-order valence-corrected chi connectivity index (χ0v) is 20.0. The van der Waals surface area contributed by atoms with Crippen molar-refractivity contribution in [1.82, 2.24) is 9.03 Å². The molecule has 0 aliphatic carbocycles. The number of nitrogens with zero attached hydrogens (tertiary/aromatic N) is 1. The fourth-order valence-electron chi connectivity index (χ4n) is 3.26. The van der Waals surface area contributed by atoms with Crippen molar-refractivity contribution in [1.29, 1.82) is 0 Å². The smallest absolute Gasteiger partial charge is 0.243 e. The van der Waals surface area contributed by atoms with Crippen LogP contribution in [0.15, 0.2) is 63.2 Å². The lowest BCUT2D eigenvalue weighted by molar-refractivity contribution is 0.322. The van der Waals surface area contributed by atoms with E-state index in [-0.39, 0.29) is 27.8 Å². The lowest BCUT2D eigenvalue weighted by atomic mass is 10.2. The summed E-state index contributed by atoms with van der Waals surface area (Å²) in [5, 5.41) is 0. The minimum atomic E-state index is -3.83. The second kappa shape index (κ2) is 9.87. The highest BCUT2D eigenvalue weighted by Crippen LogP contribution is 2.22. The molecule has 0 atom stereocenters. The summed E-state index contributed by atoms with van der Waals surface area (Å²) in [6.07, 6.45) is 3.80. The molecule has 1 aliphatic rings. The maximum Gasteiger partial charge on any atom is 0.243 e. The summed E-state index contributed by atoms with van der Waals surface area (Å²) in [4.78, 5) is 0.174. The summed E-state index contributed by atoms with van der Waals surface area (Å²) in [6, 6.07) is 11.0. The van der Waals surface area contributed by atoms with Crippen molar-refractivity contribution in [2.45, 2.75) is 33.9 Å². The van der Waals surface area contributed by atoms with Crippen molar-refractivity contribution in [3.05, 3.63) is 48.5 Å². The van der Waals surface area contributed by atoms with E-state index in [0.29, 0.717) is 18.8 Å². The van der Waals surface area contributed by atoms with Gasteiger partial charge in [-0.05, 0) is 61.4 Å². The zero-order chi connectivity index (χ0) is 23.4. The first-order chi connectivity index (χ1) is 15.0. The average Bonchev–Trinajstić information content (AvgIpc) is 2.77. The fourth-order valence-corrected chi connectivity index (χ4v) is 6.42. The monoisotopic (exact) mass is 502 g/mol. The maximum atomic E-state index is 12.7. The first-order valence-corrected chi connectivity index (χ1v) is 14.8. The minimum absolute atomic E-state index is 0.0238. The molecule has 1 fully saturated rings. The summed E-state index contributed by atoms with van der Waals surface area (Å²) in [7, 11) is -10.8. The van der Waals surface area contributed by atoms with Crippen molar-refractivity contribution in [2.24, 2.45) is 0 Å². The molecule has 0 amide bonds. The molecular weight excluding hydrogens is 476 g/mol. The molecule has 0 radical (unpaired) electrons. The molecule has 0 aromatic heterocycles. The van der Waals surface area contributed by atoms with Gasteiger partial charge in [0.25, 0.3) is 0 Å². The van der Waals surface area contributed by atoms with Crippen molar-refractivity contribution < 1.29 is 30.0 Å². The van der Waals surface area contributed by atoms with E-state index < -0.39 is 29.9 Å². The summed E-state index contributed by atoms with van der Waals surface area (Å²) in [6.45, 7) is 1.05. The van der Waals surface area contributed by atoms with E-state index in [1.807, 2.05) is 0 Å². The van der Waals surface area contributed by atoms with Gasteiger partial charge in [-0.25, -0.2) is 30.0 Å². The third kappa shape index (κ3) is 6.07. The fraction of sp³-hybridized carbons (Fsp3) is 0.400. The molecule has 9 nitrogen and oxygen atoms in total. The zero-order valence-electron chi connectivity index (χ0n) is 17.6. The van der Waals surface area contributed by atoms with Crippen molar-refractivity contribution in [3.8, 4) is 5.75 Å². The van der Waals surface area contributed by atoms with Gasteiger partial charge in [-0.3, -0.25) is 0 Å². The lowest BCUT2D eigenvalue weighted by Crippen LogP contribution is -2.35. The number of ether oxygens (including phenoxy) is 1. The van der Waals surface area contributed by atoms with Crippen LogP contribution in [0.3, 0.4) is 0 Å². The Morgan fingerprint density at radius 3 is 1.88 bits per heavy atom. The largest absolute Gasteiger partial charge is 0.492 e. The quantitative estimate of drug-likeness (QED) is 0.516. The summed E-state index contributed by atoms with van der Waals surface area (Å²) < 4.78 is 82.3. The molecule has 0 spiro atoms. The van der Waals surface area contributed by atoms with Crippen molar-refractivity contribution in [3.63, 3.8) is 0 Å². The van der Waals surface area contributed by atoms with E-state index in [9.17, 15) is 25.3 Å². The SMILES string of the molecule is CS(=O)(=O)c1ccc(S(=O)(=O)NCCOc2ccc(S(=O)(=O)N3CCCCC3)cc2)cc1.